The lowest BCUT2D eigenvalue weighted by atomic mass is 10.0. The van der Waals surface area contributed by atoms with Gasteiger partial charge in [0, 0.05) is 6.42 Å². The van der Waals surface area contributed by atoms with Gasteiger partial charge in [0.15, 0.2) is 0 Å². The van der Waals surface area contributed by atoms with E-state index in [0.29, 0.717) is 19.3 Å². The number of allylic oxidation sites excluding steroid dienone is 4. The number of aliphatic hydroxyl groups excluding tert-OH is 2. The zero-order chi connectivity index (χ0) is 47.4. The minimum absolute atomic E-state index is 0.0730. The quantitative estimate of drug-likeness (QED) is 0.0321. The van der Waals surface area contributed by atoms with Crippen molar-refractivity contribution >= 4 is 11.9 Å². The summed E-state index contributed by atoms with van der Waals surface area (Å²) < 4.78 is 5.95. The molecule has 0 rings (SSSR count). The molecule has 0 heterocycles. The van der Waals surface area contributed by atoms with Crippen LogP contribution in [0.5, 0.6) is 0 Å². The average molecular weight is 917 g/mol. The Labute approximate surface area is 405 Å². The van der Waals surface area contributed by atoms with E-state index in [1.54, 1.807) is 0 Å². The van der Waals surface area contributed by atoms with E-state index in [4.69, 9.17) is 4.74 Å². The molecule has 0 aromatic heterocycles. The van der Waals surface area contributed by atoms with Gasteiger partial charge in [0.05, 0.1) is 25.2 Å². The number of unbranched alkanes of at least 4 members (excludes halogenated alkanes) is 37. The SMILES string of the molecule is CCCCCC/C=C\CCCCCCCC(CC(=O)NC(CO)C(O)CCCCCCCCCCCCCCCCC)OC(=O)CCCCCCC/C=C/CCCCCCCCCCC. The first-order chi connectivity index (χ1) is 32.0. The Morgan fingerprint density at radius 1 is 0.431 bits per heavy atom. The number of aliphatic hydroxyl groups is 2. The molecule has 0 aliphatic carbocycles. The summed E-state index contributed by atoms with van der Waals surface area (Å²) >= 11 is 0. The molecule has 6 nitrogen and oxygen atoms in total. The fourth-order valence-corrected chi connectivity index (χ4v) is 9.07. The summed E-state index contributed by atoms with van der Waals surface area (Å²) in [7, 11) is 0. The van der Waals surface area contributed by atoms with Crippen molar-refractivity contribution in [3.8, 4) is 0 Å². The molecule has 3 unspecified atom stereocenters. The van der Waals surface area contributed by atoms with Gasteiger partial charge in [-0.25, -0.2) is 0 Å². The van der Waals surface area contributed by atoms with Crippen LogP contribution in [0.25, 0.3) is 0 Å². The molecule has 6 heteroatoms. The highest BCUT2D eigenvalue weighted by atomic mass is 16.5. The van der Waals surface area contributed by atoms with Crippen molar-refractivity contribution in [1.82, 2.24) is 5.32 Å². The molecule has 3 atom stereocenters. The van der Waals surface area contributed by atoms with Crippen LogP contribution in [0.2, 0.25) is 0 Å². The molecular weight excluding hydrogens is 803 g/mol. The molecule has 0 aromatic rings. The highest BCUT2D eigenvalue weighted by Gasteiger charge is 2.24. The molecule has 0 saturated heterocycles. The summed E-state index contributed by atoms with van der Waals surface area (Å²) in [6.45, 7) is 6.50. The zero-order valence-corrected chi connectivity index (χ0v) is 43.9. The smallest absolute Gasteiger partial charge is 0.306 e. The number of nitrogens with one attached hydrogen (secondary N) is 1. The molecule has 1 amide bonds. The van der Waals surface area contributed by atoms with Gasteiger partial charge in [-0.15, -0.1) is 0 Å². The van der Waals surface area contributed by atoms with Crippen molar-refractivity contribution in [2.24, 2.45) is 0 Å². The maximum atomic E-state index is 13.3. The summed E-state index contributed by atoms with van der Waals surface area (Å²) in [5.41, 5.74) is 0. The van der Waals surface area contributed by atoms with Crippen LogP contribution in [-0.2, 0) is 14.3 Å². The highest BCUT2D eigenvalue weighted by molar-refractivity contribution is 5.77. The van der Waals surface area contributed by atoms with Crippen molar-refractivity contribution in [3.05, 3.63) is 24.3 Å². The third-order valence-electron chi connectivity index (χ3n) is 13.5. The summed E-state index contributed by atoms with van der Waals surface area (Å²) in [5, 5.41) is 23.9. The van der Waals surface area contributed by atoms with Crippen LogP contribution in [0.15, 0.2) is 24.3 Å². The molecule has 0 spiro atoms. The van der Waals surface area contributed by atoms with E-state index < -0.39 is 18.2 Å². The minimum atomic E-state index is -0.789. The number of hydrogen-bond donors (Lipinski definition) is 3. The van der Waals surface area contributed by atoms with Gasteiger partial charge in [-0.05, 0) is 77.0 Å². The first-order valence-corrected chi connectivity index (χ1v) is 29.1. The molecule has 3 N–H and O–H groups in total. The molecule has 0 aliphatic heterocycles. The van der Waals surface area contributed by atoms with Crippen LogP contribution in [-0.4, -0.2) is 46.9 Å². The van der Waals surface area contributed by atoms with E-state index in [1.165, 1.54) is 205 Å². The first kappa shape index (κ1) is 63.3. The third-order valence-corrected chi connectivity index (χ3v) is 13.5. The summed E-state index contributed by atoms with van der Waals surface area (Å²) in [4.78, 5) is 26.3. The normalized spacial score (nSPS) is 13.2. The van der Waals surface area contributed by atoms with Crippen molar-refractivity contribution in [2.45, 2.75) is 334 Å². The second-order valence-electron chi connectivity index (χ2n) is 20.0. The molecule has 0 radical (unpaired) electrons. The van der Waals surface area contributed by atoms with Gasteiger partial charge < -0.3 is 20.3 Å². The number of rotatable bonds is 53. The van der Waals surface area contributed by atoms with Gasteiger partial charge in [0.25, 0.3) is 0 Å². The van der Waals surface area contributed by atoms with Gasteiger partial charge in [0.2, 0.25) is 5.91 Å². The topological polar surface area (TPSA) is 95.9 Å². The predicted octanol–water partition coefficient (Wildman–Crippen LogP) is 17.9. The fraction of sp³-hybridized carbons (Fsp3) is 0.898. The predicted molar refractivity (Wildman–Crippen MR) is 283 cm³/mol. The molecule has 0 bridgehead atoms. The van der Waals surface area contributed by atoms with Crippen LogP contribution in [0.3, 0.4) is 0 Å². The Bertz CT molecular complexity index is 1030. The number of ether oxygens (including phenoxy) is 1. The number of esters is 1. The maximum Gasteiger partial charge on any atom is 0.306 e. The number of carbonyl (C=O) groups excluding carboxylic acids is 2. The van der Waals surface area contributed by atoms with E-state index in [9.17, 15) is 19.8 Å². The Kier molecular flexibility index (Phi) is 51.9. The van der Waals surface area contributed by atoms with Crippen LogP contribution >= 0.6 is 0 Å². The van der Waals surface area contributed by atoms with Gasteiger partial charge in [-0.2, -0.15) is 0 Å². The lowest BCUT2D eigenvalue weighted by Crippen LogP contribution is -2.46. The Hall–Kier alpha value is -1.66. The summed E-state index contributed by atoms with van der Waals surface area (Å²) in [6.07, 6.45) is 62.4. The van der Waals surface area contributed by atoms with Gasteiger partial charge >= 0.3 is 5.97 Å². The lowest BCUT2D eigenvalue weighted by Gasteiger charge is -2.24. The average Bonchev–Trinajstić information content (AvgIpc) is 3.30. The Morgan fingerprint density at radius 3 is 1.11 bits per heavy atom. The van der Waals surface area contributed by atoms with Gasteiger partial charge in [-0.3, -0.25) is 9.59 Å². The molecule has 0 saturated carbocycles. The van der Waals surface area contributed by atoms with Crippen molar-refractivity contribution in [2.75, 3.05) is 6.61 Å². The summed E-state index contributed by atoms with van der Waals surface area (Å²) in [6, 6.07) is -0.703. The van der Waals surface area contributed by atoms with Crippen LogP contribution in [0.1, 0.15) is 316 Å². The Balaban J connectivity index is 4.50. The van der Waals surface area contributed by atoms with Crippen molar-refractivity contribution < 1.29 is 24.5 Å². The van der Waals surface area contributed by atoms with E-state index in [-0.39, 0.29) is 24.9 Å². The standard InChI is InChI=1S/C59H113NO5/c1-4-7-10-13-16-19-22-25-27-28-29-31-34-37-40-43-46-49-52-59(64)65-55(50-47-44-41-38-35-32-24-21-18-15-12-9-6-3)53-58(63)60-56(54-61)57(62)51-48-45-42-39-36-33-30-26-23-20-17-14-11-8-5-2/h21,24,29,31,55-57,61-62H,4-20,22-23,25-28,30,32-54H2,1-3H3,(H,60,63)/b24-21-,31-29+. The number of amides is 1. The molecule has 65 heavy (non-hydrogen) atoms. The minimum Gasteiger partial charge on any atom is -0.462 e. The lowest BCUT2D eigenvalue weighted by molar-refractivity contribution is -0.151. The van der Waals surface area contributed by atoms with Crippen molar-refractivity contribution in [1.29, 1.82) is 0 Å². The molecule has 0 aromatic carbocycles. The van der Waals surface area contributed by atoms with Crippen LogP contribution in [0.4, 0.5) is 0 Å². The molecular formula is C59H113NO5. The van der Waals surface area contributed by atoms with E-state index in [1.807, 2.05) is 0 Å². The second kappa shape index (κ2) is 53.3. The van der Waals surface area contributed by atoms with E-state index in [2.05, 4.69) is 50.4 Å². The zero-order valence-electron chi connectivity index (χ0n) is 43.9. The van der Waals surface area contributed by atoms with Crippen LogP contribution < -0.4 is 5.32 Å². The van der Waals surface area contributed by atoms with Gasteiger partial charge in [-0.1, -0.05) is 251 Å². The largest absolute Gasteiger partial charge is 0.462 e. The maximum absolute atomic E-state index is 13.3. The highest BCUT2D eigenvalue weighted by Crippen LogP contribution is 2.18. The fourth-order valence-electron chi connectivity index (χ4n) is 9.07. The molecule has 384 valence electrons. The number of hydrogen-bond acceptors (Lipinski definition) is 5. The third kappa shape index (κ3) is 48.6. The van der Waals surface area contributed by atoms with Crippen molar-refractivity contribution in [3.63, 3.8) is 0 Å². The van der Waals surface area contributed by atoms with E-state index in [0.717, 1.165) is 64.2 Å². The van der Waals surface area contributed by atoms with Crippen LogP contribution in [0, 0.1) is 0 Å². The summed E-state index contributed by atoms with van der Waals surface area (Å²) in [5.74, 6) is -0.475. The molecule has 0 aliphatic rings. The second-order valence-corrected chi connectivity index (χ2v) is 20.0. The monoisotopic (exact) mass is 916 g/mol. The molecule has 0 fully saturated rings. The number of carbonyl (C=O) groups is 2. The van der Waals surface area contributed by atoms with Gasteiger partial charge in [0.1, 0.15) is 6.10 Å². The first-order valence-electron chi connectivity index (χ1n) is 29.1. The Morgan fingerprint density at radius 2 is 0.738 bits per heavy atom. The van der Waals surface area contributed by atoms with E-state index >= 15 is 0 Å².